The van der Waals surface area contributed by atoms with E-state index in [4.69, 9.17) is 25.5 Å². The smallest absolute Gasteiger partial charge is 0.238 e. The van der Waals surface area contributed by atoms with Crippen LogP contribution < -0.4 is 9.47 Å². The van der Waals surface area contributed by atoms with Gasteiger partial charge in [-0.25, -0.2) is 0 Å². The van der Waals surface area contributed by atoms with E-state index in [1.165, 1.54) is 25.5 Å². The van der Waals surface area contributed by atoms with Crippen molar-refractivity contribution >= 4 is 23.5 Å². The largest absolute Gasteiger partial charge is 0.491 e. The highest BCUT2D eigenvalue weighted by atomic mass is 35.5. The van der Waals surface area contributed by atoms with Crippen LogP contribution in [-0.4, -0.2) is 19.5 Å². The second-order valence-electron chi connectivity index (χ2n) is 4.44. The Morgan fingerprint density at radius 1 is 1.48 bits per heavy atom. The number of benzene rings is 1. The monoisotopic (exact) mass is 331 g/mol. The fourth-order valence-corrected chi connectivity index (χ4v) is 2.28. The molecule has 0 aliphatic heterocycles. The van der Waals surface area contributed by atoms with Crippen molar-refractivity contribution in [1.29, 1.82) is 5.26 Å². The van der Waals surface area contributed by atoms with Crippen molar-refractivity contribution in [2.24, 2.45) is 0 Å². The van der Waals surface area contributed by atoms with Crippen LogP contribution in [0.1, 0.15) is 23.0 Å². The zero-order chi connectivity index (χ0) is 16.8. The minimum absolute atomic E-state index is 0.0661. The Bertz CT molecular complexity index is 773. The summed E-state index contributed by atoms with van der Waals surface area (Å²) in [4.78, 5) is 12.2. The van der Waals surface area contributed by atoms with Gasteiger partial charge in [0, 0.05) is 0 Å². The van der Waals surface area contributed by atoms with Crippen molar-refractivity contribution in [3.8, 4) is 17.6 Å². The molecule has 0 bridgehead atoms. The van der Waals surface area contributed by atoms with E-state index < -0.39 is 5.78 Å². The number of allylic oxidation sites excluding steroid dienone is 1. The van der Waals surface area contributed by atoms with Crippen LogP contribution in [0.15, 0.2) is 40.5 Å². The lowest BCUT2D eigenvalue weighted by Gasteiger charge is -2.11. The van der Waals surface area contributed by atoms with Gasteiger partial charge in [-0.2, -0.15) is 5.26 Å². The molecule has 1 heterocycles. The zero-order valence-corrected chi connectivity index (χ0v) is 13.4. The number of hydrogen-bond donors (Lipinski definition) is 0. The summed E-state index contributed by atoms with van der Waals surface area (Å²) in [5.74, 6) is 0.447. The van der Waals surface area contributed by atoms with Crippen LogP contribution in [0.25, 0.3) is 6.08 Å². The number of carbonyl (C=O) groups excluding carboxylic acids is 1. The lowest BCUT2D eigenvalue weighted by Crippen LogP contribution is -2.00. The van der Waals surface area contributed by atoms with Gasteiger partial charge in [0.2, 0.25) is 5.78 Å². The average Bonchev–Trinajstić information content (AvgIpc) is 3.06. The van der Waals surface area contributed by atoms with E-state index in [0.29, 0.717) is 28.7 Å². The summed E-state index contributed by atoms with van der Waals surface area (Å²) < 4.78 is 15.7. The molecule has 1 aromatic heterocycles. The van der Waals surface area contributed by atoms with Crippen molar-refractivity contribution in [3.63, 3.8) is 0 Å². The molecule has 118 valence electrons. The van der Waals surface area contributed by atoms with Crippen molar-refractivity contribution in [1.82, 2.24) is 0 Å². The Balaban J connectivity index is 2.44. The Labute approximate surface area is 138 Å². The number of halogens is 1. The first kappa shape index (κ1) is 16.7. The molecule has 0 radical (unpaired) electrons. The van der Waals surface area contributed by atoms with Gasteiger partial charge in [0.15, 0.2) is 17.3 Å². The molecule has 0 amide bonds. The zero-order valence-electron chi connectivity index (χ0n) is 12.6. The highest BCUT2D eigenvalue weighted by Crippen LogP contribution is 2.37. The van der Waals surface area contributed by atoms with Crippen LogP contribution in [-0.2, 0) is 0 Å². The van der Waals surface area contributed by atoms with Gasteiger partial charge in [0.1, 0.15) is 11.6 Å². The molecule has 0 atom stereocenters. The van der Waals surface area contributed by atoms with Crippen LogP contribution in [0, 0.1) is 11.3 Å². The fraction of sp³-hybridized carbons (Fsp3) is 0.176. The van der Waals surface area contributed by atoms with E-state index in [1.54, 1.807) is 18.2 Å². The number of ketones is 1. The number of carbonyl (C=O) groups is 1. The van der Waals surface area contributed by atoms with Gasteiger partial charge in [0.25, 0.3) is 0 Å². The van der Waals surface area contributed by atoms with Gasteiger partial charge < -0.3 is 13.9 Å². The summed E-state index contributed by atoms with van der Waals surface area (Å²) in [5, 5.41) is 9.56. The quantitative estimate of drug-likeness (QED) is 0.452. The molecular formula is C17H14ClNO4. The van der Waals surface area contributed by atoms with Gasteiger partial charge in [-0.05, 0) is 42.8 Å². The molecule has 0 aliphatic carbocycles. The maximum absolute atomic E-state index is 12.2. The molecule has 0 saturated heterocycles. The maximum Gasteiger partial charge on any atom is 0.238 e. The Morgan fingerprint density at radius 3 is 2.83 bits per heavy atom. The Hall–Kier alpha value is -2.71. The fourth-order valence-electron chi connectivity index (χ4n) is 1.99. The number of ether oxygens (including phenoxy) is 2. The van der Waals surface area contributed by atoms with Crippen molar-refractivity contribution in [3.05, 3.63) is 52.4 Å². The molecule has 0 N–H and O–H groups in total. The highest BCUT2D eigenvalue weighted by Gasteiger charge is 2.16. The average molecular weight is 332 g/mol. The molecule has 2 aromatic rings. The van der Waals surface area contributed by atoms with Gasteiger partial charge >= 0.3 is 0 Å². The first-order valence-corrected chi connectivity index (χ1v) is 7.18. The third-order valence-electron chi connectivity index (χ3n) is 2.96. The van der Waals surface area contributed by atoms with Crippen molar-refractivity contribution in [2.45, 2.75) is 6.92 Å². The van der Waals surface area contributed by atoms with Crippen molar-refractivity contribution < 1.29 is 18.7 Å². The summed E-state index contributed by atoms with van der Waals surface area (Å²) in [5.41, 5.74) is 0.485. The molecule has 2 rings (SSSR count). The van der Waals surface area contributed by atoms with Gasteiger partial charge in [-0.3, -0.25) is 4.79 Å². The van der Waals surface area contributed by atoms with E-state index >= 15 is 0 Å². The second kappa shape index (κ2) is 7.52. The summed E-state index contributed by atoms with van der Waals surface area (Å²) in [6.45, 7) is 2.26. The molecule has 0 fully saturated rings. The summed E-state index contributed by atoms with van der Waals surface area (Å²) in [6.07, 6.45) is 2.80. The lowest BCUT2D eigenvalue weighted by atomic mass is 10.1. The Morgan fingerprint density at radius 2 is 2.26 bits per heavy atom. The van der Waals surface area contributed by atoms with E-state index in [2.05, 4.69) is 0 Å². The van der Waals surface area contributed by atoms with Crippen molar-refractivity contribution in [2.75, 3.05) is 13.7 Å². The van der Waals surface area contributed by atoms with Crippen LogP contribution in [0.3, 0.4) is 0 Å². The van der Waals surface area contributed by atoms with Crippen LogP contribution in [0.5, 0.6) is 11.5 Å². The minimum Gasteiger partial charge on any atom is -0.491 e. The number of nitriles is 1. The summed E-state index contributed by atoms with van der Waals surface area (Å²) in [6, 6.07) is 8.20. The summed E-state index contributed by atoms with van der Waals surface area (Å²) in [7, 11) is 1.49. The molecule has 0 unspecified atom stereocenters. The number of methoxy groups -OCH3 is 1. The second-order valence-corrected chi connectivity index (χ2v) is 4.85. The third kappa shape index (κ3) is 3.74. The van der Waals surface area contributed by atoms with E-state index in [1.807, 2.05) is 13.0 Å². The number of furan rings is 1. The maximum atomic E-state index is 12.2. The topological polar surface area (TPSA) is 72.5 Å². The number of nitrogens with zero attached hydrogens (tertiary/aromatic N) is 1. The molecule has 6 heteroatoms. The molecule has 23 heavy (non-hydrogen) atoms. The first-order chi connectivity index (χ1) is 11.1. The number of Topliss-reactive ketones (excluding diaryl/α,β-unsaturated/α-hetero) is 1. The highest BCUT2D eigenvalue weighted by molar-refractivity contribution is 6.32. The van der Waals surface area contributed by atoms with E-state index in [9.17, 15) is 10.1 Å². The molecule has 0 saturated carbocycles. The lowest BCUT2D eigenvalue weighted by molar-refractivity contribution is 0.101. The molecule has 0 spiro atoms. The molecule has 0 aliphatic rings. The van der Waals surface area contributed by atoms with Crippen LogP contribution >= 0.6 is 11.6 Å². The molecule has 1 aromatic carbocycles. The van der Waals surface area contributed by atoms with E-state index in [0.717, 1.165) is 0 Å². The third-order valence-corrected chi connectivity index (χ3v) is 3.24. The number of rotatable bonds is 6. The predicted molar refractivity (Wildman–Crippen MR) is 85.8 cm³/mol. The predicted octanol–water partition coefficient (Wildman–Crippen LogP) is 4.13. The van der Waals surface area contributed by atoms with Crippen LogP contribution in [0.2, 0.25) is 5.02 Å². The molecule has 5 nitrogen and oxygen atoms in total. The summed E-state index contributed by atoms with van der Waals surface area (Å²) >= 11 is 6.16. The van der Waals surface area contributed by atoms with Gasteiger partial charge in [-0.1, -0.05) is 11.6 Å². The molecular weight excluding hydrogens is 318 g/mol. The standard InChI is InChI=1S/C17H14ClNO4/c1-3-22-15-9-11(8-13(18)17(15)21-2)7-12(10-19)16(20)14-5-4-6-23-14/h4-9H,3H2,1-2H3/b12-7+. The van der Waals surface area contributed by atoms with Gasteiger partial charge in [-0.15, -0.1) is 0 Å². The van der Waals surface area contributed by atoms with Gasteiger partial charge in [0.05, 0.1) is 25.0 Å². The Kier molecular flexibility index (Phi) is 5.45. The van der Waals surface area contributed by atoms with E-state index in [-0.39, 0.29) is 11.3 Å². The number of hydrogen-bond acceptors (Lipinski definition) is 5. The minimum atomic E-state index is -0.498. The first-order valence-electron chi connectivity index (χ1n) is 6.81. The normalized spacial score (nSPS) is 11.0. The SMILES string of the molecule is CCOc1cc(/C=C(\C#N)C(=O)c2ccco2)cc(Cl)c1OC. The van der Waals surface area contributed by atoms with Crippen LogP contribution in [0.4, 0.5) is 0 Å².